The van der Waals surface area contributed by atoms with Crippen LogP contribution in [0.15, 0.2) is 25.3 Å². The predicted octanol–water partition coefficient (Wildman–Crippen LogP) is 3.23. The Hall–Kier alpha value is -2.19. The molecule has 1 aliphatic carbocycles. The lowest BCUT2D eigenvalue weighted by Gasteiger charge is -2.26. The topological polar surface area (TPSA) is 62.7 Å². The molecule has 0 radical (unpaired) electrons. The highest BCUT2D eigenvalue weighted by Crippen LogP contribution is 2.70. The van der Waals surface area contributed by atoms with Gasteiger partial charge in [0.15, 0.2) is 5.41 Å². The first-order chi connectivity index (χ1) is 13.0. The number of fused-ring (bicyclic) bond motifs is 2. The van der Waals surface area contributed by atoms with E-state index >= 15 is 0 Å². The normalized spacial score (nSPS) is 38.9. The highest BCUT2D eigenvalue weighted by atomic mass is 16.7. The molecule has 3 fully saturated rings. The van der Waals surface area contributed by atoms with Gasteiger partial charge < -0.3 is 9.47 Å². The fourth-order valence-corrected chi connectivity index (χ4v) is 3.95. The molecule has 2 saturated heterocycles. The molecule has 1 saturated carbocycles. The Balaban J connectivity index is 1.91. The Labute approximate surface area is 165 Å². The molecule has 0 aromatic carbocycles. The van der Waals surface area contributed by atoms with E-state index in [0.717, 1.165) is 0 Å². The number of nitrogens with zero attached hydrogens (tertiary/aromatic N) is 2. The molecule has 1 spiro atoms. The molecule has 2 heterocycles. The van der Waals surface area contributed by atoms with Crippen LogP contribution in [0.25, 0.3) is 9.69 Å². The molecule has 28 heavy (non-hydrogen) atoms. The number of carbonyl (C=O) groups is 1. The zero-order valence-corrected chi connectivity index (χ0v) is 16.9. The third-order valence-electron chi connectivity index (χ3n) is 6.19. The molecule has 2 aliphatic heterocycles. The molecule has 2 unspecified atom stereocenters. The summed E-state index contributed by atoms with van der Waals surface area (Å²) in [5.41, 5.74) is -5.09. The maximum Gasteiger partial charge on any atom is 0.522 e. The second-order valence-electron chi connectivity index (χ2n) is 8.79. The fraction of sp³-hybridized carbons (Fsp3) is 0.667. The van der Waals surface area contributed by atoms with Gasteiger partial charge in [-0.3, -0.25) is 14.3 Å². The summed E-state index contributed by atoms with van der Waals surface area (Å²) in [4.78, 5) is 20.5. The van der Waals surface area contributed by atoms with Crippen molar-refractivity contribution in [1.82, 2.24) is 0 Å². The minimum absolute atomic E-state index is 0.124. The van der Waals surface area contributed by atoms with E-state index in [9.17, 15) is 4.79 Å². The molecular weight excluding hydrogens is 360 g/mol. The summed E-state index contributed by atoms with van der Waals surface area (Å²) in [6, 6.07) is 0. The number of carbonyl (C=O) groups excluding carboxylic acids is 1. The standard InChI is InChI=1S/C21H28N2O5/c1-9-17(3,4)16(24)27-14-11-19(14)13-26-20(22-7)15(28-18(5,6)10-2)12-25-21(19,20)23-8/h7-10,14-15H,1-2,11-13H2,3-6H3/q+2/t14-,15?,19?,20+,21+/m0/s1. The van der Waals surface area contributed by atoms with Gasteiger partial charge in [0.2, 0.25) is 6.10 Å². The van der Waals surface area contributed by atoms with Crippen molar-refractivity contribution in [3.05, 3.63) is 35.0 Å². The SMILES string of the molecule is C#[N+][C@]12OCC3(C[C@@H]3OC(=O)C(C)(C)C=C)[C@@]1([N+]#C)OCC2OC(C)(C)C=C. The molecule has 150 valence electrons. The molecule has 0 amide bonds. The zero-order valence-electron chi connectivity index (χ0n) is 16.9. The maximum atomic E-state index is 12.5. The summed E-state index contributed by atoms with van der Waals surface area (Å²) in [5, 5.41) is 0. The maximum absolute atomic E-state index is 12.5. The first kappa shape index (κ1) is 20.5. The summed E-state index contributed by atoms with van der Waals surface area (Å²) < 4.78 is 23.9. The predicted molar refractivity (Wildman–Crippen MR) is 104 cm³/mol. The van der Waals surface area contributed by atoms with E-state index in [2.05, 4.69) is 22.8 Å². The highest BCUT2D eigenvalue weighted by Gasteiger charge is 3.00. The lowest BCUT2D eigenvalue weighted by atomic mass is 9.86. The van der Waals surface area contributed by atoms with Crippen molar-refractivity contribution in [2.24, 2.45) is 10.8 Å². The van der Waals surface area contributed by atoms with E-state index in [1.807, 2.05) is 13.8 Å². The quantitative estimate of drug-likeness (QED) is 0.516. The van der Waals surface area contributed by atoms with Crippen molar-refractivity contribution in [3.8, 4) is 13.1 Å². The van der Waals surface area contributed by atoms with Crippen LogP contribution in [0, 0.1) is 24.0 Å². The van der Waals surface area contributed by atoms with Crippen LogP contribution in [0.3, 0.4) is 0 Å². The fourth-order valence-electron chi connectivity index (χ4n) is 3.95. The third kappa shape index (κ3) is 2.47. The van der Waals surface area contributed by atoms with Crippen molar-refractivity contribution in [2.75, 3.05) is 13.2 Å². The van der Waals surface area contributed by atoms with Crippen molar-refractivity contribution >= 4 is 5.97 Å². The second-order valence-corrected chi connectivity index (χ2v) is 8.79. The van der Waals surface area contributed by atoms with Crippen LogP contribution in [0.1, 0.15) is 34.1 Å². The van der Waals surface area contributed by atoms with E-state index in [-0.39, 0.29) is 13.2 Å². The van der Waals surface area contributed by atoms with E-state index in [1.54, 1.807) is 26.0 Å². The van der Waals surface area contributed by atoms with Gasteiger partial charge in [-0.1, -0.05) is 12.2 Å². The summed E-state index contributed by atoms with van der Waals surface area (Å²) in [7, 11) is 0. The first-order valence-electron chi connectivity index (χ1n) is 9.28. The Morgan fingerprint density at radius 2 is 1.82 bits per heavy atom. The Bertz CT molecular complexity index is 807. The van der Waals surface area contributed by atoms with Crippen LogP contribution in [0.5, 0.6) is 0 Å². The van der Waals surface area contributed by atoms with Gasteiger partial charge in [0.1, 0.15) is 6.10 Å². The number of rotatable bonds is 6. The van der Waals surface area contributed by atoms with Gasteiger partial charge in [-0.25, -0.2) is 0 Å². The summed E-state index contributed by atoms with van der Waals surface area (Å²) in [6.07, 6.45) is 2.55. The van der Waals surface area contributed by atoms with Gasteiger partial charge in [-0.15, -0.1) is 13.2 Å². The monoisotopic (exact) mass is 388 g/mol. The molecular formula is C21H28N2O5+2. The average molecular weight is 388 g/mol. The van der Waals surface area contributed by atoms with Crippen LogP contribution in [0.4, 0.5) is 0 Å². The molecule has 7 nitrogen and oxygen atoms in total. The minimum atomic E-state index is -1.43. The average Bonchev–Trinajstić information content (AvgIpc) is 3.16. The number of hydrogen-bond acceptors (Lipinski definition) is 5. The van der Waals surface area contributed by atoms with Gasteiger partial charge >= 0.3 is 17.4 Å². The van der Waals surface area contributed by atoms with Crippen LogP contribution < -0.4 is 0 Å². The summed E-state index contributed by atoms with van der Waals surface area (Å²) >= 11 is 0. The molecule has 0 N–H and O–H groups in total. The van der Waals surface area contributed by atoms with Gasteiger partial charge in [0, 0.05) is 6.42 Å². The van der Waals surface area contributed by atoms with Gasteiger partial charge in [0.05, 0.1) is 24.2 Å². The van der Waals surface area contributed by atoms with Gasteiger partial charge in [-0.2, -0.15) is 0 Å². The molecule has 3 rings (SSSR count). The number of esters is 1. The summed E-state index contributed by atoms with van der Waals surface area (Å²) in [6.45, 7) is 26.6. The second kappa shape index (κ2) is 6.15. The first-order valence-corrected chi connectivity index (χ1v) is 9.28. The lowest BCUT2D eigenvalue weighted by Crippen LogP contribution is -2.55. The van der Waals surface area contributed by atoms with Crippen LogP contribution in [-0.4, -0.2) is 48.4 Å². The molecule has 7 heteroatoms. The van der Waals surface area contributed by atoms with Crippen molar-refractivity contribution in [2.45, 2.75) is 63.4 Å². The molecule has 3 aliphatic rings. The Morgan fingerprint density at radius 3 is 2.36 bits per heavy atom. The minimum Gasteiger partial charge on any atom is -0.461 e. The van der Waals surface area contributed by atoms with E-state index in [0.29, 0.717) is 6.42 Å². The van der Waals surface area contributed by atoms with Crippen LogP contribution >= 0.6 is 0 Å². The molecule has 5 atom stereocenters. The summed E-state index contributed by atoms with van der Waals surface area (Å²) in [5.74, 6) is -0.391. The van der Waals surface area contributed by atoms with Crippen molar-refractivity contribution in [1.29, 1.82) is 0 Å². The van der Waals surface area contributed by atoms with E-state index in [4.69, 9.17) is 32.1 Å². The highest BCUT2D eigenvalue weighted by molar-refractivity contribution is 5.78. The van der Waals surface area contributed by atoms with Crippen LogP contribution in [0.2, 0.25) is 0 Å². The molecule has 0 aromatic heterocycles. The zero-order chi connectivity index (χ0) is 21.0. The molecule has 0 aromatic rings. The number of ether oxygens (including phenoxy) is 4. The number of hydrogen-bond donors (Lipinski definition) is 0. The van der Waals surface area contributed by atoms with Crippen molar-refractivity contribution in [3.63, 3.8) is 0 Å². The Morgan fingerprint density at radius 1 is 1.14 bits per heavy atom. The molecule has 0 bridgehead atoms. The van der Waals surface area contributed by atoms with Crippen LogP contribution in [-0.2, 0) is 23.7 Å². The Kier molecular flexibility index (Phi) is 4.51. The van der Waals surface area contributed by atoms with E-state index in [1.165, 1.54) is 0 Å². The van der Waals surface area contributed by atoms with Gasteiger partial charge in [-0.05, 0) is 37.4 Å². The smallest absolute Gasteiger partial charge is 0.461 e. The largest absolute Gasteiger partial charge is 0.522 e. The van der Waals surface area contributed by atoms with E-state index < -0.39 is 46.1 Å². The van der Waals surface area contributed by atoms with Gasteiger partial charge in [0.25, 0.3) is 13.1 Å². The lowest BCUT2D eigenvalue weighted by molar-refractivity contribution is -0.155. The van der Waals surface area contributed by atoms with Crippen molar-refractivity contribution < 1.29 is 23.7 Å². The third-order valence-corrected chi connectivity index (χ3v) is 6.19.